The SMILES string of the molecule is C=CCNc1snc(N)c1C(=O)NC(C)C. The lowest BCUT2D eigenvalue weighted by molar-refractivity contribution is 0.0945. The van der Waals surface area contributed by atoms with Crippen LogP contribution in [-0.4, -0.2) is 22.9 Å². The average Bonchev–Trinajstić information content (AvgIpc) is 2.55. The molecule has 0 bridgehead atoms. The lowest BCUT2D eigenvalue weighted by Gasteiger charge is -2.09. The number of carbonyl (C=O) groups excluding carboxylic acids is 1. The second-order valence-corrected chi connectivity index (χ2v) is 4.34. The van der Waals surface area contributed by atoms with Crippen LogP contribution >= 0.6 is 11.5 Å². The van der Waals surface area contributed by atoms with Gasteiger partial charge < -0.3 is 16.4 Å². The Balaban J connectivity index is 2.87. The van der Waals surface area contributed by atoms with Gasteiger partial charge in [-0.25, -0.2) is 0 Å². The van der Waals surface area contributed by atoms with Crippen molar-refractivity contribution in [2.45, 2.75) is 19.9 Å². The third-order valence-corrected chi connectivity index (χ3v) is 2.59. The Kier molecular flexibility index (Phi) is 4.30. The predicted octanol–water partition coefficient (Wildman–Crippen LogP) is 1.46. The number of aromatic nitrogens is 1. The van der Waals surface area contributed by atoms with E-state index in [1.807, 2.05) is 13.8 Å². The molecule has 1 heterocycles. The molecular formula is C10H16N4OS. The number of hydrogen-bond donors (Lipinski definition) is 3. The maximum Gasteiger partial charge on any atom is 0.258 e. The number of nitrogens with one attached hydrogen (secondary N) is 2. The third-order valence-electron chi connectivity index (χ3n) is 1.77. The van der Waals surface area contributed by atoms with Gasteiger partial charge in [-0.05, 0) is 25.4 Å². The summed E-state index contributed by atoms with van der Waals surface area (Å²) in [4.78, 5) is 11.8. The van der Waals surface area contributed by atoms with Gasteiger partial charge in [-0.2, -0.15) is 4.37 Å². The van der Waals surface area contributed by atoms with Crippen molar-refractivity contribution in [3.8, 4) is 0 Å². The standard InChI is InChI=1S/C10H16N4OS/c1-4-5-12-10-7(8(11)14-16-10)9(15)13-6(2)3/h4,6,12H,1,5H2,2-3H3,(H2,11,14)(H,13,15). The largest absolute Gasteiger partial charge is 0.382 e. The maximum atomic E-state index is 11.8. The van der Waals surface area contributed by atoms with Crippen molar-refractivity contribution in [3.63, 3.8) is 0 Å². The smallest absolute Gasteiger partial charge is 0.258 e. The van der Waals surface area contributed by atoms with Crippen LogP contribution in [0.1, 0.15) is 24.2 Å². The first kappa shape index (κ1) is 12.5. The van der Waals surface area contributed by atoms with Crippen molar-refractivity contribution in [3.05, 3.63) is 18.2 Å². The van der Waals surface area contributed by atoms with Gasteiger partial charge in [-0.3, -0.25) is 4.79 Å². The van der Waals surface area contributed by atoms with Crippen LogP contribution in [0.4, 0.5) is 10.8 Å². The Morgan fingerprint density at radius 2 is 2.38 bits per heavy atom. The van der Waals surface area contributed by atoms with E-state index in [0.717, 1.165) is 0 Å². The molecule has 0 saturated heterocycles. The molecule has 0 unspecified atom stereocenters. The molecule has 16 heavy (non-hydrogen) atoms. The molecule has 0 saturated carbocycles. The van der Waals surface area contributed by atoms with E-state index >= 15 is 0 Å². The van der Waals surface area contributed by atoms with Gasteiger partial charge >= 0.3 is 0 Å². The van der Waals surface area contributed by atoms with E-state index in [9.17, 15) is 4.79 Å². The van der Waals surface area contributed by atoms with Crippen LogP contribution in [0.5, 0.6) is 0 Å². The van der Waals surface area contributed by atoms with Gasteiger partial charge in [0, 0.05) is 12.6 Å². The van der Waals surface area contributed by atoms with Crippen molar-refractivity contribution in [1.82, 2.24) is 9.69 Å². The third kappa shape index (κ3) is 2.96. The Bertz CT molecular complexity index is 386. The molecule has 88 valence electrons. The molecule has 1 amide bonds. The Morgan fingerprint density at radius 3 is 2.94 bits per heavy atom. The highest BCUT2D eigenvalue weighted by molar-refractivity contribution is 7.11. The first-order valence-corrected chi connectivity index (χ1v) is 5.74. The second-order valence-electron chi connectivity index (χ2n) is 3.57. The zero-order valence-corrected chi connectivity index (χ0v) is 10.2. The highest BCUT2D eigenvalue weighted by Gasteiger charge is 2.19. The summed E-state index contributed by atoms with van der Waals surface area (Å²) >= 11 is 1.18. The summed E-state index contributed by atoms with van der Waals surface area (Å²) in [6, 6.07) is 0.0686. The molecule has 4 N–H and O–H groups in total. The molecule has 0 aliphatic rings. The molecule has 1 rings (SSSR count). The second kappa shape index (κ2) is 5.50. The molecule has 0 spiro atoms. The fourth-order valence-corrected chi connectivity index (χ4v) is 1.86. The van der Waals surface area contributed by atoms with Crippen LogP contribution in [0.2, 0.25) is 0 Å². The van der Waals surface area contributed by atoms with E-state index in [4.69, 9.17) is 5.73 Å². The topological polar surface area (TPSA) is 80.0 Å². The van der Waals surface area contributed by atoms with Crippen LogP contribution in [0.25, 0.3) is 0 Å². The molecule has 0 aromatic carbocycles. The quantitative estimate of drug-likeness (QED) is 0.681. The molecule has 6 heteroatoms. The van der Waals surface area contributed by atoms with Crippen molar-refractivity contribution in [2.75, 3.05) is 17.6 Å². The Morgan fingerprint density at radius 1 is 1.69 bits per heavy atom. The monoisotopic (exact) mass is 240 g/mol. The lowest BCUT2D eigenvalue weighted by atomic mass is 10.2. The molecular weight excluding hydrogens is 224 g/mol. The van der Waals surface area contributed by atoms with Crippen LogP contribution in [-0.2, 0) is 0 Å². The minimum Gasteiger partial charge on any atom is -0.382 e. The summed E-state index contributed by atoms with van der Waals surface area (Å²) < 4.78 is 3.96. The van der Waals surface area contributed by atoms with Crippen molar-refractivity contribution in [1.29, 1.82) is 0 Å². The van der Waals surface area contributed by atoms with Crippen LogP contribution in [0, 0.1) is 0 Å². The molecule has 0 fully saturated rings. The zero-order chi connectivity index (χ0) is 12.1. The summed E-state index contributed by atoms with van der Waals surface area (Å²) in [6.07, 6.45) is 1.71. The van der Waals surface area contributed by atoms with Gasteiger partial charge in [-0.1, -0.05) is 6.08 Å². The van der Waals surface area contributed by atoms with Gasteiger partial charge in [0.25, 0.3) is 5.91 Å². The van der Waals surface area contributed by atoms with Crippen molar-refractivity contribution < 1.29 is 4.79 Å². The normalized spacial score (nSPS) is 10.2. The van der Waals surface area contributed by atoms with Gasteiger partial charge in [0.1, 0.15) is 10.6 Å². The molecule has 0 atom stereocenters. The van der Waals surface area contributed by atoms with Crippen LogP contribution < -0.4 is 16.4 Å². The molecule has 1 aromatic heterocycles. The number of anilines is 2. The predicted molar refractivity (Wildman–Crippen MR) is 67.8 cm³/mol. The summed E-state index contributed by atoms with van der Waals surface area (Å²) in [7, 11) is 0. The molecule has 0 radical (unpaired) electrons. The van der Waals surface area contributed by atoms with Gasteiger partial charge in [0.05, 0.1) is 0 Å². The first-order chi connectivity index (χ1) is 7.56. The number of nitrogens with zero attached hydrogens (tertiary/aromatic N) is 1. The minimum absolute atomic E-state index is 0.0686. The van der Waals surface area contributed by atoms with Gasteiger partial charge in [-0.15, -0.1) is 6.58 Å². The van der Waals surface area contributed by atoms with E-state index in [-0.39, 0.29) is 17.8 Å². The highest BCUT2D eigenvalue weighted by Crippen LogP contribution is 2.26. The highest BCUT2D eigenvalue weighted by atomic mass is 32.1. The van der Waals surface area contributed by atoms with Crippen molar-refractivity contribution >= 4 is 28.3 Å². The summed E-state index contributed by atoms with van der Waals surface area (Å²) in [5.41, 5.74) is 6.08. The van der Waals surface area contributed by atoms with E-state index in [1.165, 1.54) is 11.5 Å². The number of rotatable bonds is 5. The molecule has 0 aliphatic carbocycles. The van der Waals surface area contributed by atoms with E-state index < -0.39 is 0 Å². The fraction of sp³-hybridized carbons (Fsp3) is 0.400. The zero-order valence-electron chi connectivity index (χ0n) is 9.41. The van der Waals surface area contributed by atoms with Crippen molar-refractivity contribution in [2.24, 2.45) is 0 Å². The Labute approximate surface area is 98.9 Å². The van der Waals surface area contributed by atoms with Gasteiger partial charge in [0.2, 0.25) is 0 Å². The van der Waals surface area contributed by atoms with Crippen LogP contribution in [0.3, 0.4) is 0 Å². The average molecular weight is 240 g/mol. The summed E-state index contributed by atoms with van der Waals surface area (Å²) in [6.45, 7) is 7.96. The molecule has 0 aliphatic heterocycles. The number of nitrogen functional groups attached to an aromatic ring is 1. The number of hydrogen-bond acceptors (Lipinski definition) is 5. The molecule has 5 nitrogen and oxygen atoms in total. The molecule has 1 aromatic rings. The van der Waals surface area contributed by atoms with E-state index in [1.54, 1.807) is 6.08 Å². The van der Waals surface area contributed by atoms with Gasteiger partial charge in [0.15, 0.2) is 5.82 Å². The number of nitrogens with two attached hydrogens (primary N) is 1. The Hall–Kier alpha value is -1.56. The number of carbonyl (C=O) groups is 1. The first-order valence-electron chi connectivity index (χ1n) is 4.97. The maximum absolute atomic E-state index is 11.8. The fourth-order valence-electron chi connectivity index (χ4n) is 1.14. The van der Waals surface area contributed by atoms with Crippen LogP contribution in [0.15, 0.2) is 12.7 Å². The lowest BCUT2D eigenvalue weighted by Crippen LogP contribution is -2.30. The van der Waals surface area contributed by atoms with E-state index in [0.29, 0.717) is 17.1 Å². The minimum atomic E-state index is -0.201. The summed E-state index contributed by atoms with van der Waals surface area (Å²) in [5.74, 6) is 0.0579. The number of amides is 1. The van der Waals surface area contributed by atoms with E-state index in [2.05, 4.69) is 21.6 Å². The summed E-state index contributed by atoms with van der Waals surface area (Å²) in [5, 5.41) is 6.50.